The van der Waals surface area contributed by atoms with E-state index in [-0.39, 0.29) is 23.7 Å². The van der Waals surface area contributed by atoms with E-state index in [0.29, 0.717) is 6.54 Å². The maximum Gasteiger partial charge on any atom is 0.238 e. The molecule has 1 aromatic rings. The molecule has 1 N–H and O–H groups in total. The van der Waals surface area contributed by atoms with E-state index in [1.165, 1.54) is 5.56 Å². The van der Waals surface area contributed by atoms with Crippen molar-refractivity contribution in [2.45, 2.75) is 53.9 Å². The van der Waals surface area contributed by atoms with Crippen molar-refractivity contribution in [3.8, 4) is 0 Å². The largest absolute Gasteiger partial charge is 0.324 e. The van der Waals surface area contributed by atoms with Crippen LogP contribution in [0.2, 0.25) is 0 Å². The molecule has 0 saturated carbocycles. The number of hydrogen-bond donors (Lipinski definition) is 1. The number of halogens is 1. The summed E-state index contributed by atoms with van der Waals surface area (Å²) in [5.41, 5.74) is 4.65. The van der Waals surface area contributed by atoms with Crippen LogP contribution in [-0.4, -0.2) is 30.4 Å². The van der Waals surface area contributed by atoms with Crippen LogP contribution < -0.4 is 5.32 Å². The third kappa shape index (κ3) is 5.62. The first kappa shape index (κ1) is 20.9. The summed E-state index contributed by atoms with van der Waals surface area (Å²) in [6.45, 7) is 17.1. The smallest absolute Gasteiger partial charge is 0.238 e. The molecule has 0 bridgehead atoms. The first-order chi connectivity index (χ1) is 9.68. The minimum absolute atomic E-state index is 0. The molecule has 4 heteroatoms. The van der Waals surface area contributed by atoms with Crippen molar-refractivity contribution in [1.82, 2.24) is 4.90 Å². The number of carbonyl (C=O) groups excluding carboxylic acids is 1. The first-order valence-corrected chi connectivity index (χ1v) is 7.83. The maximum absolute atomic E-state index is 12.2. The first-order valence-electron chi connectivity index (χ1n) is 7.83. The highest BCUT2D eigenvalue weighted by atomic mass is 35.5. The molecular formula is C18H31ClN2O. The highest BCUT2D eigenvalue weighted by Gasteiger charge is 2.17. The third-order valence-corrected chi connectivity index (χ3v) is 3.92. The number of nitrogens with zero attached hydrogens (tertiary/aromatic N) is 1. The second kappa shape index (κ2) is 8.54. The van der Waals surface area contributed by atoms with Crippen molar-refractivity contribution in [1.29, 1.82) is 0 Å². The predicted octanol–water partition coefficient (Wildman–Crippen LogP) is 4.30. The fourth-order valence-corrected chi connectivity index (χ4v) is 2.42. The predicted molar refractivity (Wildman–Crippen MR) is 98.3 cm³/mol. The molecule has 0 fully saturated rings. The third-order valence-electron chi connectivity index (χ3n) is 3.92. The van der Waals surface area contributed by atoms with Crippen molar-refractivity contribution in [3.05, 3.63) is 28.8 Å². The molecule has 0 aliphatic rings. The van der Waals surface area contributed by atoms with E-state index in [9.17, 15) is 4.79 Å². The fraction of sp³-hybridized carbons (Fsp3) is 0.611. The number of anilines is 1. The zero-order chi connectivity index (χ0) is 16.2. The standard InChI is InChI=1S/C18H30N2O.ClH/c1-8-20(9-2)12-16(21)19-17-13(3)10-15(11-14(17)4)18(5,6)7;/h10-11H,8-9,12H2,1-7H3,(H,19,21);1H. The molecule has 3 nitrogen and oxygen atoms in total. The Kier molecular flexibility index (Phi) is 8.13. The van der Waals surface area contributed by atoms with Crippen LogP contribution in [0.5, 0.6) is 0 Å². The topological polar surface area (TPSA) is 32.3 Å². The summed E-state index contributed by atoms with van der Waals surface area (Å²) in [5.74, 6) is 0.0633. The Balaban J connectivity index is 0.00000441. The van der Waals surface area contributed by atoms with E-state index in [4.69, 9.17) is 0 Å². The van der Waals surface area contributed by atoms with Crippen molar-refractivity contribution in [3.63, 3.8) is 0 Å². The molecule has 1 amide bonds. The molecule has 0 aliphatic carbocycles. The summed E-state index contributed by atoms with van der Waals surface area (Å²) in [6, 6.07) is 4.36. The minimum Gasteiger partial charge on any atom is -0.324 e. The van der Waals surface area contributed by atoms with Gasteiger partial charge < -0.3 is 5.32 Å². The molecule has 0 aromatic heterocycles. The molecule has 0 unspecified atom stereocenters. The Labute approximate surface area is 141 Å². The van der Waals surface area contributed by atoms with Crippen LogP contribution in [0.15, 0.2) is 12.1 Å². The lowest BCUT2D eigenvalue weighted by Crippen LogP contribution is -2.33. The molecule has 1 aromatic carbocycles. The second-order valence-electron chi connectivity index (χ2n) is 6.74. The highest BCUT2D eigenvalue weighted by molar-refractivity contribution is 5.93. The van der Waals surface area contributed by atoms with Gasteiger partial charge >= 0.3 is 0 Å². The molecule has 0 heterocycles. The zero-order valence-electron chi connectivity index (χ0n) is 15.0. The van der Waals surface area contributed by atoms with Gasteiger partial charge in [-0.2, -0.15) is 0 Å². The van der Waals surface area contributed by atoms with Gasteiger partial charge in [0, 0.05) is 5.69 Å². The SMILES string of the molecule is CCN(CC)CC(=O)Nc1c(C)cc(C(C)(C)C)cc1C.Cl. The van der Waals surface area contributed by atoms with Crippen LogP contribution in [0.3, 0.4) is 0 Å². The number of nitrogens with one attached hydrogen (secondary N) is 1. The number of aryl methyl sites for hydroxylation is 2. The molecule has 1 rings (SSSR count). The van der Waals surface area contributed by atoms with E-state index >= 15 is 0 Å². The molecule has 0 radical (unpaired) electrons. The summed E-state index contributed by atoms with van der Waals surface area (Å²) in [7, 11) is 0. The lowest BCUT2D eigenvalue weighted by Gasteiger charge is -2.23. The van der Waals surface area contributed by atoms with Gasteiger partial charge in [-0.1, -0.05) is 46.8 Å². The van der Waals surface area contributed by atoms with Gasteiger partial charge in [0.25, 0.3) is 0 Å². The minimum atomic E-state index is 0. The molecular weight excluding hydrogens is 296 g/mol. The lowest BCUT2D eigenvalue weighted by molar-refractivity contribution is -0.117. The maximum atomic E-state index is 12.2. The Morgan fingerprint density at radius 3 is 1.91 bits per heavy atom. The van der Waals surface area contributed by atoms with Crippen molar-refractivity contribution in [2.75, 3.05) is 25.0 Å². The fourth-order valence-electron chi connectivity index (χ4n) is 2.42. The molecule has 0 aliphatic heterocycles. The van der Waals surface area contributed by atoms with E-state index < -0.39 is 0 Å². The van der Waals surface area contributed by atoms with Crippen LogP contribution >= 0.6 is 12.4 Å². The Morgan fingerprint density at radius 1 is 1.09 bits per heavy atom. The van der Waals surface area contributed by atoms with Crippen LogP contribution in [0.1, 0.15) is 51.3 Å². The number of likely N-dealkylation sites (N-methyl/N-ethyl adjacent to an activating group) is 1. The molecule has 22 heavy (non-hydrogen) atoms. The van der Waals surface area contributed by atoms with Gasteiger partial charge in [-0.25, -0.2) is 0 Å². The van der Waals surface area contributed by atoms with Crippen molar-refractivity contribution in [2.24, 2.45) is 0 Å². The lowest BCUT2D eigenvalue weighted by atomic mass is 9.85. The summed E-state index contributed by atoms with van der Waals surface area (Å²) >= 11 is 0. The van der Waals surface area contributed by atoms with Gasteiger partial charge in [-0.05, 0) is 49.0 Å². The highest BCUT2D eigenvalue weighted by Crippen LogP contribution is 2.29. The second-order valence-corrected chi connectivity index (χ2v) is 6.74. The summed E-state index contributed by atoms with van der Waals surface area (Å²) in [4.78, 5) is 14.3. The molecule has 0 atom stereocenters. The van der Waals surface area contributed by atoms with Gasteiger partial charge in [0.1, 0.15) is 0 Å². The van der Waals surface area contributed by atoms with Crippen LogP contribution in [-0.2, 0) is 10.2 Å². The molecule has 0 saturated heterocycles. The average Bonchev–Trinajstić information content (AvgIpc) is 2.38. The van der Waals surface area contributed by atoms with E-state index in [1.807, 2.05) is 0 Å². The van der Waals surface area contributed by atoms with Crippen LogP contribution in [0.25, 0.3) is 0 Å². The summed E-state index contributed by atoms with van der Waals surface area (Å²) in [6.07, 6.45) is 0. The van der Waals surface area contributed by atoms with Gasteiger partial charge in [0.05, 0.1) is 6.54 Å². The normalized spacial score (nSPS) is 11.3. The number of hydrogen-bond acceptors (Lipinski definition) is 2. The van der Waals surface area contributed by atoms with E-state index in [0.717, 1.165) is 29.9 Å². The number of carbonyl (C=O) groups is 1. The van der Waals surface area contributed by atoms with Gasteiger partial charge in [0.15, 0.2) is 0 Å². The Bertz CT molecular complexity index is 479. The number of amides is 1. The Morgan fingerprint density at radius 2 is 1.55 bits per heavy atom. The Hall–Kier alpha value is -1.06. The van der Waals surface area contributed by atoms with Crippen LogP contribution in [0.4, 0.5) is 5.69 Å². The zero-order valence-corrected chi connectivity index (χ0v) is 15.9. The van der Waals surface area contributed by atoms with E-state index in [2.05, 4.69) is 70.8 Å². The number of rotatable bonds is 5. The summed E-state index contributed by atoms with van der Waals surface area (Å²) < 4.78 is 0. The van der Waals surface area contributed by atoms with E-state index in [1.54, 1.807) is 0 Å². The van der Waals surface area contributed by atoms with Crippen molar-refractivity contribution < 1.29 is 4.79 Å². The average molecular weight is 327 g/mol. The monoisotopic (exact) mass is 326 g/mol. The van der Waals surface area contributed by atoms with Gasteiger partial charge in [-0.15, -0.1) is 12.4 Å². The quantitative estimate of drug-likeness (QED) is 0.874. The van der Waals surface area contributed by atoms with Gasteiger partial charge in [0.2, 0.25) is 5.91 Å². The van der Waals surface area contributed by atoms with Crippen LogP contribution in [0, 0.1) is 13.8 Å². The molecule has 0 spiro atoms. The molecule has 126 valence electrons. The number of benzene rings is 1. The van der Waals surface area contributed by atoms with Crippen molar-refractivity contribution >= 4 is 24.0 Å². The summed E-state index contributed by atoms with van der Waals surface area (Å²) in [5, 5.41) is 3.08. The van der Waals surface area contributed by atoms with Gasteiger partial charge in [-0.3, -0.25) is 9.69 Å².